The Kier molecular flexibility index (Phi) is 9.28. The second-order valence-electron chi connectivity index (χ2n) is 5.34. The van der Waals surface area contributed by atoms with Gasteiger partial charge in [0.1, 0.15) is 5.84 Å². The van der Waals surface area contributed by atoms with Crippen molar-refractivity contribution >= 4 is 17.6 Å². The number of thioether (sulfide) groups is 1. The molecule has 0 aromatic heterocycles. The molecule has 18 heavy (non-hydrogen) atoms. The molecule has 0 aliphatic carbocycles. The van der Waals surface area contributed by atoms with Crippen molar-refractivity contribution in [3.8, 4) is 0 Å². The summed E-state index contributed by atoms with van der Waals surface area (Å²) < 4.78 is 0. The van der Waals surface area contributed by atoms with Crippen LogP contribution in [-0.2, 0) is 0 Å². The Balaban J connectivity index is 3.74. The highest BCUT2D eigenvalue weighted by atomic mass is 32.2. The maximum absolute atomic E-state index is 8.69. The van der Waals surface area contributed by atoms with E-state index < -0.39 is 0 Å². The Bertz CT molecular complexity index is 244. The van der Waals surface area contributed by atoms with Crippen LogP contribution in [0.5, 0.6) is 0 Å². The van der Waals surface area contributed by atoms with Gasteiger partial charge in [0.15, 0.2) is 0 Å². The molecule has 0 aliphatic rings. The van der Waals surface area contributed by atoms with Gasteiger partial charge in [0, 0.05) is 17.2 Å². The molecule has 4 nitrogen and oxygen atoms in total. The monoisotopic (exact) mass is 275 g/mol. The molecule has 0 amide bonds. The second kappa shape index (κ2) is 9.50. The van der Waals surface area contributed by atoms with Gasteiger partial charge in [0.05, 0.1) is 0 Å². The minimum atomic E-state index is -0.210. The average molecular weight is 275 g/mol. The van der Waals surface area contributed by atoms with Gasteiger partial charge in [-0.25, -0.2) is 0 Å². The zero-order valence-electron chi connectivity index (χ0n) is 12.2. The van der Waals surface area contributed by atoms with Crippen molar-refractivity contribution in [2.24, 2.45) is 16.3 Å². The third-order valence-corrected chi connectivity index (χ3v) is 4.06. The molecule has 0 aliphatic heterocycles. The molecule has 108 valence electrons. The molecule has 0 radical (unpaired) electrons. The van der Waals surface area contributed by atoms with Crippen LogP contribution >= 0.6 is 11.8 Å². The van der Waals surface area contributed by atoms with Crippen LogP contribution in [0.3, 0.4) is 0 Å². The Hall–Kier alpha value is -0.420. The van der Waals surface area contributed by atoms with Gasteiger partial charge in [-0.05, 0) is 32.1 Å². The van der Waals surface area contributed by atoms with E-state index in [1.165, 1.54) is 12.2 Å². The first-order chi connectivity index (χ1) is 8.47. The van der Waals surface area contributed by atoms with E-state index in [2.05, 4.69) is 23.7 Å². The van der Waals surface area contributed by atoms with Crippen molar-refractivity contribution in [1.82, 2.24) is 5.32 Å². The number of nitrogens with zero attached hydrogens (tertiary/aromatic N) is 1. The minimum Gasteiger partial charge on any atom is -0.409 e. The van der Waals surface area contributed by atoms with E-state index in [1.807, 2.05) is 25.6 Å². The largest absolute Gasteiger partial charge is 0.409 e. The predicted molar refractivity (Wildman–Crippen MR) is 81.5 cm³/mol. The Labute approximate surface area is 116 Å². The number of hydrogen-bond donors (Lipinski definition) is 3. The van der Waals surface area contributed by atoms with Crippen LogP contribution in [0.2, 0.25) is 0 Å². The van der Waals surface area contributed by atoms with E-state index in [9.17, 15) is 0 Å². The van der Waals surface area contributed by atoms with E-state index >= 15 is 0 Å². The highest BCUT2D eigenvalue weighted by molar-refractivity contribution is 7.98. The Morgan fingerprint density at radius 1 is 1.44 bits per heavy atom. The first-order valence-electron chi connectivity index (χ1n) is 6.68. The molecular formula is C13H29N3OS. The Morgan fingerprint density at radius 3 is 2.61 bits per heavy atom. The van der Waals surface area contributed by atoms with Gasteiger partial charge < -0.3 is 16.3 Å². The molecule has 0 rings (SSSR count). The summed E-state index contributed by atoms with van der Waals surface area (Å²) in [4.78, 5) is 0. The second-order valence-corrected chi connectivity index (χ2v) is 6.25. The fourth-order valence-corrected chi connectivity index (χ4v) is 2.54. The van der Waals surface area contributed by atoms with Crippen molar-refractivity contribution in [2.75, 3.05) is 18.6 Å². The molecule has 0 bridgehead atoms. The molecular weight excluding hydrogens is 246 g/mol. The summed E-state index contributed by atoms with van der Waals surface area (Å²) in [6.45, 7) is 7.29. The highest BCUT2D eigenvalue weighted by Gasteiger charge is 2.22. The number of amidine groups is 1. The van der Waals surface area contributed by atoms with Crippen LogP contribution in [0.4, 0.5) is 0 Å². The first kappa shape index (κ1) is 17.6. The lowest BCUT2D eigenvalue weighted by Crippen LogP contribution is -2.33. The van der Waals surface area contributed by atoms with Crippen LogP contribution in [0.25, 0.3) is 0 Å². The molecule has 1 unspecified atom stereocenters. The van der Waals surface area contributed by atoms with Crippen molar-refractivity contribution in [3.63, 3.8) is 0 Å². The quantitative estimate of drug-likeness (QED) is 0.188. The number of rotatable bonds is 10. The van der Waals surface area contributed by atoms with Crippen LogP contribution < -0.4 is 11.1 Å². The fraction of sp³-hybridized carbons (Fsp3) is 0.923. The van der Waals surface area contributed by atoms with Gasteiger partial charge in [-0.1, -0.05) is 32.3 Å². The predicted octanol–water partition coefficient (Wildman–Crippen LogP) is 2.66. The fourth-order valence-electron chi connectivity index (χ4n) is 1.78. The third-order valence-electron chi connectivity index (χ3n) is 3.32. The molecule has 0 saturated heterocycles. The number of oxime groups is 1. The zero-order valence-corrected chi connectivity index (χ0v) is 13.0. The standard InChI is InChI=1S/C13H29N3OS/c1-5-11(10-18-4)15-9-7-6-8-13(2,3)12(14)16-17/h11,15,17H,5-10H2,1-4H3,(H2,14,16). The lowest BCUT2D eigenvalue weighted by molar-refractivity contribution is 0.304. The normalized spacial score (nSPS) is 14.8. The van der Waals surface area contributed by atoms with Gasteiger partial charge in [0.25, 0.3) is 0 Å². The van der Waals surface area contributed by atoms with E-state index in [-0.39, 0.29) is 5.41 Å². The molecule has 1 atom stereocenters. The summed E-state index contributed by atoms with van der Waals surface area (Å²) in [6, 6.07) is 0.622. The summed E-state index contributed by atoms with van der Waals surface area (Å²) >= 11 is 1.89. The van der Waals surface area contributed by atoms with Crippen LogP contribution in [0, 0.1) is 5.41 Å². The van der Waals surface area contributed by atoms with Crippen molar-refractivity contribution in [3.05, 3.63) is 0 Å². The van der Waals surface area contributed by atoms with Gasteiger partial charge in [-0.15, -0.1) is 0 Å². The van der Waals surface area contributed by atoms with E-state index in [0.29, 0.717) is 11.9 Å². The van der Waals surface area contributed by atoms with Crippen molar-refractivity contribution < 1.29 is 5.21 Å². The van der Waals surface area contributed by atoms with Gasteiger partial charge in [0.2, 0.25) is 0 Å². The molecule has 0 aromatic carbocycles. The minimum absolute atomic E-state index is 0.210. The van der Waals surface area contributed by atoms with E-state index in [1.54, 1.807) is 0 Å². The van der Waals surface area contributed by atoms with Gasteiger partial charge in [-0.2, -0.15) is 11.8 Å². The summed E-state index contributed by atoms with van der Waals surface area (Å²) in [5.41, 5.74) is 5.45. The summed E-state index contributed by atoms with van der Waals surface area (Å²) in [6.07, 6.45) is 6.49. The third kappa shape index (κ3) is 7.11. The molecule has 0 fully saturated rings. The SMILES string of the molecule is CCC(CSC)NCCCCC(C)(C)C(N)=NO. The lowest BCUT2D eigenvalue weighted by Gasteiger charge is -2.23. The van der Waals surface area contributed by atoms with Gasteiger partial charge in [-0.3, -0.25) is 0 Å². The van der Waals surface area contributed by atoms with Crippen molar-refractivity contribution in [1.29, 1.82) is 0 Å². The van der Waals surface area contributed by atoms with Crippen molar-refractivity contribution in [2.45, 2.75) is 52.5 Å². The van der Waals surface area contributed by atoms with Gasteiger partial charge >= 0.3 is 0 Å². The molecule has 0 spiro atoms. The van der Waals surface area contributed by atoms with Crippen LogP contribution in [0.15, 0.2) is 5.16 Å². The number of hydrogen-bond acceptors (Lipinski definition) is 4. The number of unbranched alkanes of at least 4 members (excludes halogenated alkanes) is 1. The maximum Gasteiger partial charge on any atom is 0.144 e. The average Bonchev–Trinajstić information content (AvgIpc) is 2.35. The molecule has 5 heteroatoms. The zero-order chi connectivity index (χ0) is 14.0. The van der Waals surface area contributed by atoms with E-state index in [4.69, 9.17) is 10.9 Å². The number of nitrogens with one attached hydrogen (secondary N) is 1. The summed E-state index contributed by atoms with van der Waals surface area (Å²) in [5.74, 6) is 1.50. The van der Waals surface area contributed by atoms with E-state index in [0.717, 1.165) is 25.8 Å². The smallest absolute Gasteiger partial charge is 0.144 e. The maximum atomic E-state index is 8.69. The first-order valence-corrected chi connectivity index (χ1v) is 8.07. The topological polar surface area (TPSA) is 70.6 Å². The number of nitrogens with two attached hydrogens (primary N) is 1. The molecule has 0 saturated carbocycles. The molecule has 0 heterocycles. The van der Waals surface area contributed by atoms with Crippen LogP contribution in [-0.4, -0.2) is 35.6 Å². The lowest BCUT2D eigenvalue weighted by atomic mass is 9.86. The summed E-state index contributed by atoms with van der Waals surface area (Å²) in [5, 5.41) is 15.4. The molecule has 0 aromatic rings. The Morgan fingerprint density at radius 2 is 2.11 bits per heavy atom. The van der Waals surface area contributed by atoms with Crippen LogP contribution in [0.1, 0.15) is 46.5 Å². The summed E-state index contributed by atoms with van der Waals surface area (Å²) in [7, 11) is 0. The molecule has 4 N–H and O–H groups in total. The highest BCUT2D eigenvalue weighted by Crippen LogP contribution is 2.23.